The number of hydrogen-bond acceptors (Lipinski definition) is 4. The Labute approximate surface area is 121 Å². The van der Waals surface area contributed by atoms with Crippen LogP contribution in [-0.2, 0) is 0 Å². The van der Waals surface area contributed by atoms with E-state index in [0.717, 1.165) is 43.3 Å². The lowest BCUT2D eigenvalue weighted by molar-refractivity contribution is 0.248. The van der Waals surface area contributed by atoms with Gasteiger partial charge in [0.25, 0.3) is 0 Å². The fourth-order valence-corrected chi connectivity index (χ4v) is 2.97. The Kier molecular flexibility index (Phi) is 3.85. The Morgan fingerprint density at radius 3 is 2.50 bits per heavy atom. The van der Waals surface area contributed by atoms with Crippen LogP contribution in [0.15, 0.2) is 18.2 Å². The van der Waals surface area contributed by atoms with E-state index in [9.17, 15) is 5.11 Å². The lowest BCUT2D eigenvalue weighted by atomic mass is 10.1. The van der Waals surface area contributed by atoms with Gasteiger partial charge in [0.2, 0.25) is 0 Å². The van der Waals surface area contributed by atoms with Gasteiger partial charge in [-0.25, -0.2) is 0 Å². The fourth-order valence-electron chi connectivity index (χ4n) is 2.97. The first-order chi connectivity index (χ1) is 9.63. The second-order valence-corrected chi connectivity index (χ2v) is 6.26. The number of phenols is 1. The summed E-state index contributed by atoms with van der Waals surface area (Å²) in [5, 5.41) is 10.1. The molecule has 0 bridgehead atoms. The Morgan fingerprint density at radius 1 is 1.25 bits per heavy atom. The van der Waals surface area contributed by atoms with Crippen LogP contribution >= 0.6 is 0 Å². The zero-order valence-electron chi connectivity index (χ0n) is 12.3. The molecule has 1 aromatic rings. The molecule has 0 spiro atoms. The summed E-state index contributed by atoms with van der Waals surface area (Å²) in [6, 6.07) is 5.76. The van der Waals surface area contributed by atoms with Crippen molar-refractivity contribution >= 4 is 5.69 Å². The normalized spacial score (nSPS) is 22.0. The number of piperazine rings is 1. The number of nitrogens with two attached hydrogens (primary N) is 1. The Hall–Kier alpha value is -1.26. The summed E-state index contributed by atoms with van der Waals surface area (Å²) < 4.78 is 0. The number of anilines is 1. The van der Waals surface area contributed by atoms with Gasteiger partial charge in [0, 0.05) is 56.1 Å². The molecule has 0 radical (unpaired) electrons. The van der Waals surface area contributed by atoms with E-state index in [1.54, 1.807) is 0 Å². The van der Waals surface area contributed by atoms with Gasteiger partial charge in [-0.3, -0.25) is 4.90 Å². The van der Waals surface area contributed by atoms with Gasteiger partial charge in [0.05, 0.1) is 0 Å². The molecule has 1 saturated carbocycles. The molecule has 1 saturated heterocycles. The highest BCUT2D eigenvalue weighted by molar-refractivity contribution is 5.54. The molecule has 1 aliphatic carbocycles. The first kappa shape index (κ1) is 13.7. The minimum absolute atomic E-state index is 0.126. The second kappa shape index (κ2) is 5.62. The van der Waals surface area contributed by atoms with Crippen LogP contribution in [0.5, 0.6) is 5.75 Å². The van der Waals surface area contributed by atoms with E-state index in [-0.39, 0.29) is 6.04 Å². The molecule has 1 unspecified atom stereocenters. The summed E-state index contributed by atoms with van der Waals surface area (Å²) in [6.07, 6.45) is 2.85. The third-order valence-corrected chi connectivity index (χ3v) is 4.46. The predicted octanol–water partition coefficient (Wildman–Crippen LogP) is 1.94. The zero-order valence-corrected chi connectivity index (χ0v) is 12.3. The molecule has 1 aromatic carbocycles. The predicted molar refractivity (Wildman–Crippen MR) is 82.1 cm³/mol. The molecular weight excluding hydrogens is 250 g/mol. The summed E-state index contributed by atoms with van der Waals surface area (Å²) in [4.78, 5) is 4.93. The fraction of sp³-hybridized carbons (Fsp3) is 0.625. The van der Waals surface area contributed by atoms with Crippen molar-refractivity contribution in [2.24, 2.45) is 11.7 Å². The molecule has 1 heterocycles. The van der Waals surface area contributed by atoms with Crippen molar-refractivity contribution in [1.82, 2.24) is 4.90 Å². The monoisotopic (exact) mass is 275 g/mol. The number of aromatic hydroxyl groups is 1. The van der Waals surface area contributed by atoms with Crippen LogP contribution in [0, 0.1) is 5.92 Å². The maximum Gasteiger partial charge on any atom is 0.122 e. The molecule has 3 rings (SSSR count). The lowest BCUT2D eigenvalue weighted by Crippen LogP contribution is -2.47. The topological polar surface area (TPSA) is 52.7 Å². The quantitative estimate of drug-likeness (QED) is 0.882. The van der Waals surface area contributed by atoms with Gasteiger partial charge in [-0.2, -0.15) is 0 Å². The van der Waals surface area contributed by atoms with E-state index >= 15 is 0 Å². The van der Waals surface area contributed by atoms with Crippen LogP contribution in [0.1, 0.15) is 31.4 Å². The molecule has 20 heavy (non-hydrogen) atoms. The van der Waals surface area contributed by atoms with E-state index in [2.05, 4.69) is 15.9 Å². The van der Waals surface area contributed by atoms with E-state index in [0.29, 0.717) is 5.75 Å². The van der Waals surface area contributed by atoms with Crippen LogP contribution in [0.2, 0.25) is 0 Å². The number of benzene rings is 1. The van der Waals surface area contributed by atoms with Crippen molar-refractivity contribution in [3.63, 3.8) is 0 Å². The highest BCUT2D eigenvalue weighted by atomic mass is 16.3. The van der Waals surface area contributed by atoms with Crippen LogP contribution < -0.4 is 10.6 Å². The third-order valence-electron chi connectivity index (χ3n) is 4.46. The molecule has 4 heteroatoms. The maximum atomic E-state index is 10.1. The summed E-state index contributed by atoms with van der Waals surface area (Å²) >= 11 is 0. The van der Waals surface area contributed by atoms with Crippen molar-refractivity contribution in [2.75, 3.05) is 37.6 Å². The number of rotatable bonds is 4. The van der Waals surface area contributed by atoms with Crippen molar-refractivity contribution in [3.05, 3.63) is 23.8 Å². The Bertz CT molecular complexity index is 463. The zero-order chi connectivity index (χ0) is 14.1. The van der Waals surface area contributed by atoms with Crippen LogP contribution in [0.4, 0.5) is 5.69 Å². The molecule has 2 fully saturated rings. The molecule has 0 aromatic heterocycles. The number of phenolic OH excluding ortho intramolecular Hbond substituents is 1. The van der Waals surface area contributed by atoms with Gasteiger partial charge < -0.3 is 15.7 Å². The Balaban J connectivity index is 1.61. The highest BCUT2D eigenvalue weighted by Gasteiger charge is 2.26. The summed E-state index contributed by atoms with van der Waals surface area (Å²) in [5.74, 6) is 1.29. The van der Waals surface area contributed by atoms with Gasteiger partial charge in [-0.05, 0) is 31.7 Å². The van der Waals surface area contributed by atoms with Crippen molar-refractivity contribution in [3.8, 4) is 5.75 Å². The third kappa shape index (κ3) is 3.07. The van der Waals surface area contributed by atoms with E-state index in [1.165, 1.54) is 19.4 Å². The molecule has 1 atom stereocenters. The van der Waals surface area contributed by atoms with E-state index in [4.69, 9.17) is 5.73 Å². The summed E-state index contributed by atoms with van der Waals surface area (Å²) in [6.45, 7) is 7.53. The Morgan fingerprint density at radius 2 is 1.95 bits per heavy atom. The summed E-state index contributed by atoms with van der Waals surface area (Å²) in [5.41, 5.74) is 7.76. The van der Waals surface area contributed by atoms with E-state index < -0.39 is 0 Å². The van der Waals surface area contributed by atoms with Crippen LogP contribution in [0.25, 0.3) is 0 Å². The van der Waals surface area contributed by atoms with Gasteiger partial charge in [-0.15, -0.1) is 0 Å². The molecule has 4 nitrogen and oxygen atoms in total. The average molecular weight is 275 g/mol. The first-order valence-corrected chi connectivity index (χ1v) is 7.69. The van der Waals surface area contributed by atoms with Gasteiger partial charge >= 0.3 is 0 Å². The number of nitrogens with zero attached hydrogens (tertiary/aromatic N) is 2. The van der Waals surface area contributed by atoms with Crippen LogP contribution in [0.3, 0.4) is 0 Å². The van der Waals surface area contributed by atoms with Crippen molar-refractivity contribution in [2.45, 2.75) is 25.8 Å². The lowest BCUT2D eigenvalue weighted by Gasteiger charge is -2.36. The average Bonchev–Trinajstić information content (AvgIpc) is 3.23. The van der Waals surface area contributed by atoms with Gasteiger partial charge in [0.1, 0.15) is 5.75 Å². The van der Waals surface area contributed by atoms with Gasteiger partial charge in [-0.1, -0.05) is 6.07 Å². The molecule has 2 aliphatic rings. The number of hydrogen-bond donors (Lipinski definition) is 2. The first-order valence-electron chi connectivity index (χ1n) is 7.69. The van der Waals surface area contributed by atoms with Crippen molar-refractivity contribution < 1.29 is 5.11 Å². The molecular formula is C16H25N3O. The largest absolute Gasteiger partial charge is 0.508 e. The molecule has 1 aliphatic heterocycles. The minimum atomic E-state index is -0.126. The molecule has 110 valence electrons. The molecule has 0 amide bonds. The summed E-state index contributed by atoms with van der Waals surface area (Å²) in [7, 11) is 0. The van der Waals surface area contributed by atoms with E-state index in [1.807, 2.05) is 19.1 Å². The van der Waals surface area contributed by atoms with Gasteiger partial charge in [0.15, 0.2) is 0 Å². The second-order valence-electron chi connectivity index (χ2n) is 6.26. The standard InChI is InChI=1S/C16H25N3O/c1-12(17)15-5-4-14(10-16(15)20)19-8-6-18(7-9-19)11-13-2-3-13/h4-5,10,12-13,20H,2-3,6-9,11,17H2,1H3. The smallest absolute Gasteiger partial charge is 0.122 e. The SMILES string of the molecule is CC(N)c1ccc(N2CCN(CC3CC3)CC2)cc1O. The minimum Gasteiger partial charge on any atom is -0.508 e. The van der Waals surface area contributed by atoms with Crippen LogP contribution in [-0.4, -0.2) is 42.7 Å². The highest BCUT2D eigenvalue weighted by Crippen LogP contribution is 2.31. The molecule has 3 N–H and O–H groups in total. The maximum absolute atomic E-state index is 10.1. The van der Waals surface area contributed by atoms with Crippen molar-refractivity contribution in [1.29, 1.82) is 0 Å².